The molecule has 2 N–H and O–H groups in total. The summed E-state index contributed by atoms with van der Waals surface area (Å²) in [5.74, 6) is -1.71. The first-order valence-electron chi connectivity index (χ1n) is 4.91. The molecule has 0 amide bonds. The van der Waals surface area contributed by atoms with Crippen LogP contribution in [0.5, 0.6) is 0 Å². The number of rotatable bonds is 8. The minimum absolute atomic E-state index is 0.225. The Bertz CT molecular complexity index is 253. The molecule has 0 radical (unpaired) electrons. The lowest BCUT2D eigenvalue weighted by Crippen LogP contribution is -1.93. The molecule has 0 atom stereocenters. The summed E-state index contributed by atoms with van der Waals surface area (Å²) in [6.07, 6.45) is 9.70. The summed E-state index contributed by atoms with van der Waals surface area (Å²) >= 11 is 0. The van der Waals surface area contributed by atoms with E-state index in [9.17, 15) is 9.59 Å². The molecule has 0 spiro atoms. The monoisotopic (exact) mass is 212 g/mol. The van der Waals surface area contributed by atoms with E-state index in [1.165, 1.54) is 6.08 Å². The number of hydrogen-bond acceptors (Lipinski definition) is 2. The zero-order valence-corrected chi connectivity index (χ0v) is 8.56. The van der Waals surface area contributed by atoms with E-state index in [0.29, 0.717) is 6.42 Å². The van der Waals surface area contributed by atoms with Gasteiger partial charge in [-0.15, -0.1) is 0 Å². The van der Waals surface area contributed by atoms with Gasteiger partial charge in [-0.2, -0.15) is 0 Å². The van der Waals surface area contributed by atoms with Crippen LogP contribution in [-0.2, 0) is 9.59 Å². The molecule has 0 heterocycles. The molecule has 0 aromatic carbocycles. The van der Waals surface area contributed by atoms with Crippen molar-refractivity contribution in [2.75, 3.05) is 0 Å². The lowest BCUT2D eigenvalue weighted by atomic mass is 10.1. The lowest BCUT2D eigenvalue weighted by molar-refractivity contribution is -0.137. The first kappa shape index (κ1) is 13.4. The Morgan fingerprint density at radius 2 is 1.73 bits per heavy atom. The van der Waals surface area contributed by atoms with Crippen LogP contribution in [0, 0.1) is 0 Å². The van der Waals surface area contributed by atoms with Gasteiger partial charge in [0.15, 0.2) is 0 Å². The van der Waals surface area contributed by atoms with Gasteiger partial charge in [0.2, 0.25) is 0 Å². The molecule has 4 heteroatoms. The number of carboxylic acid groups (broad SMARTS) is 2. The molecule has 84 valence electrons. The molecule has 0 fully saturated rings. The van der Waals surface area contributed by atoms with E-state index >= 15 is 0 Å². The van der Waals surface area contributed by atoms with E-state index < -0.39 is 11.9 Å². The number of aliphatic carboxylic acids is 2. The molecule has 0 unspecified atom stereocenters. The van der Waals surface area contributed by atoms with Crippen molar-refractivity contribution < 1.29 is 19.8 Å². The van der Waals surface area contributed by atoms with Crippen LogP contribution in [-0.4, -0.2) is 22.2 Å². The van der Waals surface area contributed by atoms with Crippen molar-refractivity contribution >= 4 is 11.9 Å². The second-order valence-electron chi connectivity index (χ2n) is 3.12. The highest BCUT2D eigenvalue weighted by Gasteiger charge is 1.94. The molecule has 0 aromatic rings. The van der Waals surface area contributed by atoms with E-state index in [2.05, 4.69) is 0 Å². The Morgan fingerprint density at radius 3 is 2.33 bits per heavy atom. The van der Waals surface area contributed by atoms with E-state index in [0.717, 1.165) is 25.3 Å². The number of hydrogen-bond donors (Lipinski definition) is 2. The summed E-state index contributed by atoms with van der Waals surface area (Å²) in [5, 5.41) is 16.6. The Morgan fingerprint density at radius 1 is 1.00 bits per heavy atom. The second kappa shape index (κ2) is 8.99. The third kappa shape index (κ3) is 12.4. The summed E-state index contributed by atoms with van der Waals surface area (Å²) in [4.78, 5) is 20.2. The van der Waals surface area contributed by atoms with E-state index in [4.69, 9.17) is 10.2 Å². The summed E-state index contributed by atoms with van der Waals surface area (Å²) in [6, 6.07) is 0. The van der Waals surface area contributed by atoms with Gasteiger partial charge in [0, 0.05) is 12.5 Å². The number of allylic oxidation sites excluding steroid dienone is 3. The van der Waals surface area contributed by atoms with Gasteiger partial charge in [-0.25, -0.2) is 4.79 Å². The molecule has 4 nitrogen and oxygen atoms in total. The van der Waals surface area contributed by atoms with Gasteiger partial charge in [0.25, 0.3) is 0 Å². The third-order valence-electron chi connectivity index (χ3n) is 1.75. The van der Waals surface area contributed by atoms with Crippen LogP contribution in [0.25, 0.3) is 0 Å². The Hall–Kier alpha value is -1.58. The fourth-order valence-corrected chi connectivity index (χ4v) is 1.03. The maximum Gasteiger partial charge on any atom is 0.328 e. The summed E-state index contributed by atoms with van der Waals surface area (Å²) < 4.78 is 0. The largest absolute Gasteiger partial charge is 0.481 e. The van der Waals surface area contributed by atoms with Gasteiger partial charge < -0.3 is 10.2 Å². The van der Waals surface area contributed by atoms with E-state index in [-0.39, 0.29) is 6.42 Å². The number of carbonyl (C=O) groups is 2. The normalized spacial score (nSPS) is 11.2. The van der Waals surface area contributed by atoms with Crippen LogP contribution < -0.4 is 0 Å². The summed E-state index contributed by atoms with van der Waals surface area (Å²) in [6.45, 7) is 0. The van der Waals surface area contributed by atoms with Crippen molar-refractivity contribution in [3.63, 3.8) is 0 Å². The molecule has 0 aliphatic heterocycles. The number of carboxylic acids is 2. The summed E-state index contributed by atoms with van der Waals surface area (Å²) in [5.41, 5.74) is 0. The smallest absolute Gasteiger partial charge is 0.328 e. The SMILES string of the molecule is O=C(O)/C=C/C=C/CCCCCC(=O)O. The molecule has 15 heavy (non-hydrogen) atoms. The average Bonchev–Trinajstić information content (AvgIpc) is 2.14. The molecular weight excluding hydrogens is 196 g/mol. The van der Waals surface area contributed by atoms with Gasteiger partial charge in [0.05, 0.1) is 0 Å². The van der Waals surface area contributed by atoms with Gasteiger partial charge in [-0.05, 0) is 19.3 Å². The van der Waals surface area contributed by atoms with Crippen LogP contribution in [0.2, 0.25) is 0 Å². The molecule has 0 aliphatic carbocycles. The van der Waals surface area contributed by atoms with Crippen LogP contribution in [0.1, 0.15) is 32.1 Å². The van der Waals surface area contributed by atoms with Crippen LogP contribution in [0.15, 0.2) is 24.3 Å². The Balaban J connectivity index is 3.31. The molecule has 0 bridgehead atoms. The van der Waals surface area contributed by atoms with Crippen molar-refractivity contribution in [1.29, 1.82) is 0 Å². The predicted octanol–water partition coefficient (Wildman–Crippen LogP) is 2.22. The summed E-state index contributed by atoms with van der Waals surface area (Å²) in [7, 11) is 0. The third-order valence-corrected chi connectivity index (χ3v) is 1.75. The Labute approximate surface area is 88.9 Å². The fraction of sp³-hybridized carbons (Fsp3) is 0.455. The van der Waals surface area contributed by atoms with Crippen molar-refractivity contribution in [3.05, 3.63) is 24.3 Å². The van der Waals surface area contributed by atoms with Gasteiger partial charge >= 0.3 is 11.9 Å². The van der Waals surface area contributed by atoms with Crippen molar-refractivity contribution in [2.45, 2.75) is 32.1 Å². The molecule has 0 saturated heterocycles. The topological polar surface area (TPSA) is 74.6 Å². The van der Waals surface area contributed by atoms with Gasteiger partial charge in [-0.1, -0.05) is 24.6 Å². The predicted molar refractivity (Wildman–Crippen MR) is 56.6 cm³/mol. The highest BCUT2D eigenvalue weighted by Crippen LogP contribution is 2.03. The van der Waals surface area contributed by atoms with Crippen LogP contribution in [0.3, 0.4) is 0 Å². The zero-order valence-electron chi connectivity index (χ0n) is 8.56. The number of unbranched alkanes of at least 4 members (excludes halogenated alkanes) is 3. The minimum atomic E-state index is -0.957. The lowest BCUT2D eigenvalue weighted by Gasteiger charge is -1.94. The second-order valence-corrected chi connectivity index (χ2v) is 3.12. The maximum absolute atomic E-state index is 10.2. The van der Waals surface area contributed by atoms with Crippen molar-refractivity contribution in [1.82, 2.24) is 0 Å². The molecule has 0 saturated carbocycles. The van der Waals surface area contributed by atoms with E-state index in [1.54, 1.807) is 6.08 Å². The zero-order chi connectivity index (χ0) is 11.5. The van der Waals surface area contributed by atoms with Crippen molar-refractivity contribution in [3.8, 4) is 0 Å². The quantitative estimate of drug-likeness (QED) is 0.367. The van der Waals surface area contributed by atoms with Gasteiger partial charge in [0.1, 0.15) is 0 Å². The first-order valence-corrected chi connectivity index (χ1v) is 4.91. The maximum atomic E-state index is 10.2. The molecule has 0 aromatic heterocycles. The molecule has 0 rings (SSSR count). The highest BCUT2D eigenvalue weighted by atomic mass is 16.4. The Kier molecular flexibility index (Phi) is 8.05. The first-order chi connectivity index (χ1) is 7.13. The average molecular weight is 212 g/mol. The minimum Gasteiger partial charge on any atom is -0.481 e. The van der Waals surface area contributed by atoms with Gasteiger partial charge in [-0.3, -0.25) is 4.79 Å². The van der Waals surface area contributed by atoms with Crippen LogP contribution in [0.4, 0.5) is 0 Å². The highest BCUT2D eigenvalue weighted by molar-refractivity contribution is 5.80. The van der Waals surface area contributed by atoms with E-state index in [1.807, 2.05) is 6.08 Å². The standard InChI is InChI=1S/C11H16O4/c12-10(13)8-6-4-2-1-3-5-7-9-11(14)15/h2,4,6,8H,1,3,5,7,9H2,(H,12,13)(H,14,15)/b4-2+,8-6+. The molecular formula is C11H16O4. The fourth-order valence-electron chi connectivity index (χ4n) is 1.03. The van der Waals surface area contributed by atoms with Crippen LogP contribution >= 0.6 is 0 Å². The molecule has 0 aliphatic rings. The van der Waals surface area contributed by atoms with Crippen molar-refractivity contribution in [2.24, 2.45) is 0 Å².